The number of hydrogen-bond donors (Lipinski definition) is 0. The van der Waals surface area contributed by atoms with Crippen molar-refractivity contribution in [3.63, 3.8) is 0 Å². The molecule has 0 aliphatic rings. The molecule has 0 atom stereocenters. The normalized spacial score (nSPS) is 11.1. The van der Waals surface area contributed by atoms with Crippen molar-refractivity contribution in [2.75, 3.05) is 0 Å². The molecule has 11 heavy (non-hydrogen) atoms. The van der Waals surface area contributed by atoms with Crippen molar-refractivity contribution in [1.29, 1.82) is 0 Å². The van der Waals surface area contributed by atoms with E-state index in [0.717, 1.165) is 5.56 Å². The van der Waals surface area contributed by atoms with E-state index >= 15 is 0 Å². The van der Waals surface area contributed by atoms with Crippen molar-refractivity contribution >= 4 is 0 Å². The third kappa shape index (κ3) is 1.43. The first-order valence-electron chi connectivity index (χ1n) is 3.53. The molecule has 0 unspecified atom stereocenters. The summed E-state index contributed by atoms with van der Waals surface area (Å²) in [5.74, 6) is 2.72. The summed E-state index contributed by atoms with van der Waals surface area (Å²) in [5, 5.41) is 4.05. The molecular weight excluding hydrogens is 136 g/mol. The van der Waals surface area contributed by atoms with Gasteiger partial charge in [-0.25, -0.2) is 0 Å². The van der Waals surface area contributed by atoms with Gasteiger partial charge in [-0.2, -0.15) is 5.10 Å². The zero-order valence-electron chi connectivity index (χ0n) is 7.13. The van der Waals surface area contributed by atoms with Crippen LogP contribution in [0.4, 0.5) is 0 Å². The molecule has 1 heterocycles. The van der Waals surface area contributed by atoms with Gasteiger partial charge >= 0.3 is 0 Å². The number of rotatable bonds is 1. The summed E-state index contributed by atoms with van der Waals surface area (Å²) < 4.78 is 1.76. The minimum Gasteiger partial charge on any atom is -0.275 e. The van der Waals surface area contributed by atoms with Gasteiger partial charge in [-0.15, -0.1) is 6.42 Å². The highest BCUT2D eigenvalue weighted by molar-refractivity contribution is 5.27. The maximum atomic E-state index is 5.36. The number of aryl methyl sites for hydroxylation is 1. The highest BCUT2D eigenvalue weighted by atomic mass is 15.2. The lowest BCUT2D eigenvalue weighted by molar-refractivity contribution is 0.695. The molecular formula is C9H12N2. The van der Waals surface area contributed by atoms with Crippen molar-refractivity contribution in [3.8, 4) is 12.3 Å². The summed E-state index contributed by atoms with van der Waals surface area (Å²) in [5.41, 5.74) is 0.886. The third-order valence-corrected chi connectivity index (χ3v) is 1.79. The zero-order valence-corrected chi connectivity index (χ0v) is 7.13. The van der Waals surface area contributed by atoms with Crippen LogP contribution in [0.2, 0.25) is 0 Å². The van der Waals surface area contributed by atoms with Crippen LogP contribution in [0.3, 0.4) is 0 Å². The molecule has 58 valence electrons. The molecule has 0 radical (unpaired) electrons. The molecule has 0 saturated heterocycles. The van der Waals surface area contributed by atoms with Gasteiger partial charge in [-0.05, 0) is 13.8 Å². The van der Waals surface area contributed by atoms with E-state index in [1.54, 1.807) is 10.9 Å². The Kier molecular flexibility index (Phi) is 1.74. The smallest absolute Gasteiger partial charge is 0.0536 e. The van der Waals surface area contributed by atoms with E-state index in [-0.39, 0.29) is 5.41 Å². The van der Waals surface area contributed by atoms with Gasteiger partial charge in [0.25, 0.3) is 0 Å². The van der Waals surface area contributed by atoms with E-state index in [0.29, 0.717) is 0 Å². The first kappa shape index (κ1) is 7.87. The SMILES string of the molecule is C#CC(C)(C)c1cnn(C)c1. The van der Waals surface area contributed by atoms with E-state index in [2.05, 4.69) is 11.0 Å². The lowest BCUT2D eigenvalue weighted by Crippen LogP contribution is -2.12. The Morgan fingerprint density at radius 1 is 1.64 bits per heavy atom. The molecule has 0 bridgehead atoms. The van der Waals surface area contributed by atoms with E-state index in [9.17, 15) is 0 Å². The second-order valence-electron chi connectivity index (χ2n) is 3.17. The fourth-order valence-corrected chi connectivity index (χ4v) is 0.827. The van der Waals surface area contributed by atoms with Gasteiger partial charge in [0, 0.05) is 18.8 Å². The fourth-order valence-electron chi connectivity index (χ4n) is 0.827. The minimum atomic E-state index is -0.200. The molecule has 0 aromatic carbocycles. The van der Waals surface area contributed by atoms with Gasteiger partial charge < -0.3 is 0 Å². The highest BCUT2D eigenvalue weighted by Crippen LogP contribution is 2.20. The van der Waals surface area contributed by atoms with E-state index in [4.69, 9.17) is 6.42 Å². The first-order valence-corrected chi connectivity index (χ1v) is 3.53. The summed E-state index contributed by atoms with van der Waals surface area (Å²) in [6, 6.07) is 0. The Morgan fingerprint density at radius 2 is 2.27 bits per heavy atom. The van der Waals surface area contributed by atoms with Gasteiger partial charge in [-0.1, -0.05) is 5.92 Å². The Labute approximate surface area is 67.2 Å². The number of terminal acetylenes is 1. The molecule has 1 aromatic rings. The van der Waals surface area contributed by atoms with Crippen LogP contribution in [0.1, 0.15) is 19.4 Å². The molecule has 0 N–H and O–H groups in total. The molecule has 0 saturated carbocycles. The molecule has 1 aromatic heterocycles. The molecule has 0 fully saturated rings. The Balaban J connectivity index is 3.04. The van der Waals surface area contributed by atoms with Crippen molar-refractivity contribution in [3.05, 3.63) is 18.0 Å². The van der Waals surface area contributed by atoms with E-state index < -0.39 is 0 Å². The lowest BCUT2D eigenvalue weighted by Gasteiger charge is -2.13. The molecule has 1 rings (SSSR count). The first-order chi connectivity index (χ1) is 5.06. The summed E-state index contributed by atoms with van der Waals surface area (Å²) in [7, 11) is 1.89. The number of hydrogen-bond acceptors (Lipinski definition) is 1. The Morgan fingerprint density at radius 3 is 2.64 bits per heavy atom. The molecule has 2 nitrogen and oxygen atoms in total. The quantitative estimate of drug-likeness (QED) is 0.549. The van der Waals surface area contributed by atoms with Crippen molar-refractivity contribution in [2.24, 2.45) is 7.05 Å². The monoisotopic (exact) mass is 148 g/mol. The third-order valence-electron chi connectivity index (χ3n) is 1.79. The van der Waals surface area contributed by atoms with Crippen molar-refractivity contribution < 1.29 is 0 Å². The maximum absolute atomic E-state index is 5.36. The Bertz CT molecular complexity index is 289. The predicted octanol–water partition coefficient (Wildman–Crippen LogP) is 1.33. The van der Waals surface area contributed by atoms with E-state index in [1.807, 2.05) is 27.1 Å². The van der Waals surface area contributed by atoms with Crippen LogP contribution >= 0.6 is 0 Å². The summed E-state index contributed by atoms with van der Waals surface area (Å²) >= 11 is 0. The lowest BCUT2D eigenvalue weighted by atomic mass is 9.88. The van der Waals surface area contributed by atoms with Crippen LogP contribution in [0, 0.1) is 12.3 Å². The largest absolute Gasteiger partial charge is 0.275 e. The average molecular weight is 148 g/mol. The molecule has 0 aliphatic carbocycles. The molecule has 0 amide bonds. The van der Waals surface area contributed by atoms with Crippen LogP contribution in [-0.2, 0) is 12.5 Å². The summed E-state index contributed by atoms with van der Waals surface area (Å²) in [4.78, 5) is 0. The second kappa shape index (κ2) is 2.43. The molecule has 2 heteroatoms. The van der Waals surface area contributed by atoms with Gasteiger partial charge in [0.15, 0.2) is 0 Å². The maximum Gasteiger partial charge on any atom is 0.0536 e. The number of aromatic nitrogens is 2. The minimum absolute atomic E-state index is 0.200. The highest BCUT2D eigenvalue weighted by Gasteiger charge is 2.18. The summed E-state index contributed by atoms with van der Waals surface area (Å²) in [6.07, 6.45) is 9.11. The van der Waals surface area contributed by atoms with Crippen molar-refractivity contribution in [2.45, 2.75) is 19.3 Å². The van der Waals surface area contributed by atoms with Gasteiger partial charge in [-0.3, -0.25) is 4.68 Å². The number of nitrogens with zero attached hydrogens (tertiary/aromatic N) is 2. The van der Waals surface area contributed by atoms with Crippen LogP contribution in [0.5, 0.6) is 0 Å². The van der Waals surface area contributed by atoms with E-state index in [1.165, 1.54) is 0 Å². The average Bonchev–Trinajstić information content (AvgIpc) is 2.36. The fraction of sp³-hybridized carbons (Fsp3) is 0.444. The molecule has 0 aliphatic heterocycles. The van der Waals surface area contributed by atoms with Crippen LogP contribution in [0.15, 0.2) is 12.4 Å². The van der Waals surface area contributed by atoms with Crippen LogP contribution in [-0.4, -0.2) is 9.78 Å². The predicted molar refractivity (Wildman–Crippen MR) is 45.1 cm³/mol. The van der Waals surface area contributed by atoms with Gasteiger partial charge in [0.05, 0.1) is 11.6 Å². The van der Waals surface area contributed by atoms with Gasteiger partial charge in [0.1, 0.15) is 0 Å². The summed E-state index contributed by atoms with van der Waals surface area (Å²) in [6.45, 7) is 4.01. The standard InChI is InChI=1S/C9H12N2/c1-5-9(2,3)8-6-10-11(4)7-8/h1,6-7H,2-4H3. The zero-order chi connectivity index (χ0) is 8.48. The second-order valence-corrected chi connectivity index (χ2v) is 3.17. The molecule has 0 spiro atoms. The van der Waals surface area contributed by atoms with Crippen molar-refractivity contribution in [1.82, 2.24) is 9.78 Å². The van der Waals surface area contributed by atoms with Gasteiger partial charge in [0.2, 0.25) is 0 Å². The van der Waals surface area contributed by atoms with Crippen LogP contribution < -0.4 is 0 Å². The Hall–Kier alpha value is -1.23. The van der Waals surface area contributed by atoms with Crippen LogP contribution in [0.25, 0.3) is 0 Å². The topological polar surface area (TPSA) is 17.8 Å².